The fourth-order valence-corrected chi connectivity index (χ4v) is 7.54. The van der Waals surface area contributed by atoms with E-state index in [1.165, 1.54) is 4.31 Å². The third-order valence-electron chi connectivity index (χ3n) is 5.55. The second-order valence-electron chi connectivity index (χ2n) is 7.72. The Bertz CT molecular complexity index is 1310. The zero-order chi connectivity index (χ0) is 22.2. The van der Waals surface area contributed by atoms with Gasteiger partial charge in [-0.05, 0) is 43.2 Å². The zero-order valence-corrected chi connectivity index (χ0v) is 19.8. The smallest absolute Gasteiger partial charge is 0.245 e. The second-order valence-corrected chi connectivity index (χ2v) is 12.2. The van der Waals surface area contributed by atoms with Crippen molar-refractivity contribution in [2.45, 2.75) is 23.6 Å². The molecule has 2 aromatic carbocycles. The molecule has 4 rings (SSSR count). The van der Waals surface area contributed by atoms with Crippen LogP contribution in [0.4, 0.5) is 0 Å². The molecule has 1 aliphatic heterocycles. The first-order chi connectivity index (χ1) is 14.7. The van der Waals surface area contributed by atoms with Crippen LogP contribution in [-0.4, -0.2) is 73.3 Å². The topological polar surface area (TPSA) is 101 Å². The fourth-order valence-electron chi connectivity index (χ4n) is 3.72. The van der Waals surface area contributed by atoms with E-state index >= 15 is 0 Å². The molecule has 0 saturated carbocycles. The normalized spacial score (nSPS) is 16.7. The van der Waals surface area contributed by atoms with Crippen LogP contribution in [0.3, 0.4) is 0 Å². The van der Waals surface area contributed by atoms with Crippen molar-refractivity contribution in [3.63, 3.8) is 0 Å². The highest BCUT2D eigenvalue weighted by atomic mass is 32.2. The highest BCUT2D eigenvalue weighted by Crippen LogP contribution is 2.25. The summed E-state index contributed by atoms with van der Waals surface area (Å²) in [6.45, 7) is 5.61. The van der Waals surface area contributed by atoms with Crippen LogP contribution in [0, 0.1) is 13.8 Å². The molecular formula is C20H24N4O4S3. The summed E-state index contributed by atoms with van der Waals surface area (Å²) in [5.74, 6) is 0.00778. The lowest BCUT2D eigenvalue weighted by Crippen LogP contribution is -2.49. The van der Waals surface area contributed by atoms with Gasteiger partial charge in [-0.25, -0.2) is 16.8 Å². The van der Waals surface area contributed by atoms with Gasteiger partial charge in [0.05, 0.1) is 22.4 Å². The minimum Gasteiger partial charge on any atom is -0.300 e. The van der Waals surface area contributed by atoms with Crippen molar-refractivity contribution >= 4 is 42.6 Å². The van der Waals surface area contributed by atoms with Crippen LogP contribution >= 0.6 is 11.7 Å². The average molecular weight is 481 g/mol. The molecule has 166 valence electrons. The predicted molar refractivity (Wildman–Crippen MR) is 121 cm³/mol. The number of nitrogens with zero attached hydrogens (tertiary/aromatic N) is 4. The largest absolute Gasteiger partial charge is 0.300 e. The minimum atomic E-state index is -3.69. The van der Waals surface area contributed by atoms with Crippen molar-refractivity contribution < 1.29 is 16.8 Å². The van der Waals surface area contributed by atoms with Crippen molar-refractivity contribution in [2.24, 2.45) is 0 Å². The van der Waals surface area contributed by atoms with E-state index in [1.54, 1.807) is 31.2 Å². The molecule has 0 unspecified atom stereocenters. The molecule has 1 saturated heterocycles. The Kier molecular flexibility index (Phi) is 6.14. The third kappa shape index (κ3) is 4.51. The molecule has 0 N–H and O–H groups in total. The van der Waals surface area contributed by atoms with Crippen LogP contribution in [0.15, 0.2) is 46.2 Å². The monoisotopic (exact) mass is 480 g/mol. The van der Waals surface area contributed by atoms with E-state index in [0.717, 1.165) is 22.9 Å². The van der Waals surface area contributed by atoms with Crippen LogP contribution < -0.4 is 0 Å². The lowest BCUT2D eigenvalue weighted by Gasteiger charge is -2.33. The maximum Gasteiger partial charge on any atom is 0.245 e. The van der Waals surface area contributed by atoms with Crippen LogP contribution in [0.5, 0.6) is 0 Å². The van der Waals surface area contributed by atoms with Crippen molar-refractivity contribution in [3.8, 4) is 0 Å². The molecule has 1 fully saturated rings. The van der Waals surface area contributed by atoms with Gasteiger partial charge in [-0.3, -0.25) is 4.90 Å². The lowest BCUT2D eigenvalue weighted by molar-refractivity contribution is 0.197. The summed E-state index contributed by atoms with van der Waals surface area (Å²) < 4.78 is 61.6. The van der Waals surface area contributed by atoms with Gasteiger partial charge in [-0.2, -0.15) is 13.1 Å². The lowest BCUT2D eigenvalue weighted by atomic mass is 10.2. The molecule has 11 heteroatoms. The summed E-state index contributed by atoms with van der Waals surface area (Å²) in [6.07, 6.45) is 0. The molecule has 0 bridgehead atoms. The highest BCUT2D eigenvalue weighted by Gasteiger charge is 2.31. The first kappa shape index (κ1) is 22.3. The third-order valence-corrected chi connectivity index (χ3v) is 9.86. The Morgan fingerprint density at radius 1 is 0.935 bits per heavy atom. The van der Waals surface area contributed by atoms with Gasteiger partial charge in [-0.1, -0.05) is 18.2 Å². The van der Waals surface area contributed by atoms with Crippen molar-refractivity contribution in [1.29, 1.82) is 0 Å². The van der Waals surface area contributed by atoms with Gasteiger partial charge in [0, 0.05) is 32.7 Å². The van der Waals surface area contributed by atoms with E-state index in [2.05, 4.69) is 8.75 Å². The predicted octanol–water partition coefficient (Wildman–Crippen LogP) is 2.09. The molecule has 31 heavy (non-hydrogen) atoms. The first-order valence-corrected chi connectivity index (χ1v) is 13.7. The number of piperazine rings is 1. The molecule has 0 amide bonds. The van der Waals surface area contributed by atoms with Gasteiger partial charge < -0.3 is 0 Å². The zero-order valence-electron chi connectivity index (χ0n) is 17.4. The van der Waals surface area contributed by atoms with Gasteiger partial charge in [-0.15, -0.1) is 0 Å². The number of fused-ring (bicyclic) bond motifs is 1. The second kappa shape index (κ2) is 8.55. The van der Waals surface area contributed by atoms with E-state index < -0.39 is 19.9 Å². The maximum absolute atomic E-state index is 13.1. The van der Waals surface area contributed by atoms with E-state index in [9.17, 15) is 16.8 Å². The summed E-state index contributed by atoms with van der Waals surface area (Å²) in [4.78, 5) is 2.54. The molecule has 0 atom stereocenters. The molecule has 0 aliphatic carbocycles. The molecular weight excluding hydrogens is 456 g/mol. The molecule has 8 nitrogen and oxygen atoms in total. The number of aryl methyl sites for hydroxylation is 2. The average Bonchev–Trinajstić information content (AvgIpc) is 3.23. The summed E-state index contributed by atoms with van der Waals surface area (Å²) in [5.41, 5.74) is 2.62. The SMILES string of the molecule is Cc1ccc(C)c(S(=O)(=O)CCN2CCN(S(=O)(=O)c3cccc4nsnc34)CC2)c1. The number of sulfone groups is 1. The number of hydrogen-bond acceptors (Lipinski definition) is 8. The fraction of sp³-hybridized carbons (Fsp3) is 0.400. The summed E-state index contributed by atoms with van der Waals surface area (Å²) >= 11 is 0.991. The van der Waals surface area contributed by atoms with Gasteiger partial charge in [0.25, 0.3) is 0 Å². The van der Waals surface area contributed by atoms with Crippen LogP contribution in [0.25, 0.3) is 11.0 Å². The molecule has 0 radical (unpaired) electrons. The van der Waals surface area contributed by atoms with Gasteiger partial charge >= 0.3 is 0 Å². The van der Waals surface area contributed by atoms with Gasteiger partial charge in [0.15, 0.2) is 9.84 Å². The summed E-state index contributed by atoms with van der Waals surface area (Å²) in [6, 6.07) is 10.4. The molecule has 3 aromatic rings. The Balaban J connectivity index is 1.41. The van der Waals surface area contributed by atoms with Crippen molar-refractivity contribution in [2.75, 3.05) is 38.5 Å². The van der Waals surface area contributed by atoms with Crippen molar-refractivity contribution in [3.05, 3.63) is 47.5 Å². The number of aromatic nitrogens is 2. The van der Waals surface area contributed by atoms with Crippen LogP contribution in [-0.2, 0) is 19.9 Å². The van der Waals surface area contributed by atoms with Crippen LogP contribution in [0.1, 0.15) is 11.1 Å². The summed E-state index contributed by atoms with van der Waals surface area (Å²) in [7, 11) is -7.09. The molecule has 0 spiro atoms. The maximum atomic E-state index is 13.1. The minimum absolute atomic E-state index is 0.00778. The number of benzene rings is 2. The van der Waals surface area contributed by atoms with E-state index in [4.69, 9.17) is 0 Å². The number of hydrogen-bond donors (Lipinski definition) is 0. The van der Waals surface area contributed by atoms with E-state index in [1.807, 2.05) is 24.0 Å². The Hall–Kier alpha value is -1.92. The Morgan fingerprint density at radius 2 is 1.68 bits per heavy atom. The first-order valence-electron chi connectivity index (χ1n) is 9.92. The van der Waals surface area contributed by atoms with Gasteiger partial charge in [0.1, 0.15) is 15.9 Å². The molecule has 1 aliphatic rings. The Morgan fingerprint density at radius 3 is 2.42 bits per heavy atom. The molecule has 2 heterocycles. The number of rotatable bonds is 6. The number of sulfonamides is 1. The highest BCUT2D eigenvalue weighted by molar-refractivity contribution is 7.91. The Labute approximate surface area is 186 Å². The van der Waals surface area contributed by atoms with E-state index in [-0.39, 0.29) is 10.6 Å². The van der Waals surface area contributed by atoms with Crippen LogP contribution in [0.2, 0.25) is 0 Å². The van der Waals surface area contributed by atoms with Gasteiger partial charge in [0.2, 0.25) is 10.0 Å². The summed E-state index contributed by atoms with van der Waals surface area (Å²) in [5, 5.41) is 0. The van der Waals surface area contributed by atoms with Crippen molar-refractivity contribution in [1.82, 2.24) is 18.0 Å². The van der Waals surface area contributed by atoms with E-state index in [0.29, 0.717) is 48.7 Å². The standard InChI is InChI=1S/C20H24N4O4S3/c1-15-6-7-16(2)19(14-15)30(25,26)13-12-23-8-10-24(11-9-23)31(27,28)18-5-3-4-17-20(18)22-29-21-17/h3-7,14H,8-13H2,1-2H3. The quantitative estimate of drug-likeness (QED) is 0.532. The molecule has 1 aromatic heterocycles.